The van der Waals surface area contributed by atoms with E-state index in [1.807, 2.05) is 48.5 Å². The van der Waals surface area contributed by atoms with Crippen molar-refractivity contribution in [1.82, 2.24) is 4.98 Å². The molecule has 1 N–H and O–H groups in total. The molecule has 1 aromatic heterocycles. The molecule has 22 heavy (non-hydrogen) atoms. The van der Waals surface area contributed by atoms with Crippen molar-refractivity contribution in [2.45, 2.75) is 19.6 Å². The summed E-state index contributed by atoms with van der Waals surface area (Å²) in [5.41, 5.74) is 0.832. The first-order valence-corrected chi connectivity index (χ1v) is 8.92. The van der Waals surface area contributed by atoms with E-state index < -0.39 is 13.4 Å². The standard InChI is InChI=1S/C16H21N2O3P/c1-3-20-22(19,21-4-2)16(14-10-6-5-7-11-14)18-15-12-8-9-13-17-15/h5-13,16H,3-4H2,1-2H3,(H,17,18)/t16-/m0/s1. The Bertz CT molecular complexity index is 597. The summed E-state index contributed by atoms with van der Waals surface area (Å²) in [5, 5.41) is 3.18. The number of rotatable bonds is 8. The van der Waals surface area contributed by atoms with Crippen molar-refractivity contribution in [2.75, 3.05) is 18.5 Å². The van der Waals surface area contributed by atoms with Crippen molar-refractivity contribution in [3.8, 4) is 0 Å². The molecule has 0 fully saturated rings. The largest absolute Gasteiger partial charge is 0.357 e. The third kappa shape index (κ3) is 4.17. The molecule has 0 aliphatic heterocycles. The number of nitrogens with one attached hydrogen (secondary N) is 1. The second kappa shape index (κ2) is 8.08. The molecule has 0 saturated carbocycles. The number of aromatic nitrogens is 1. The van der Waals surface area contributed by atoms with Gasteiger partial charge in [0.15, 0.2) is 5.78 Å². The average molecular weight is 320 g/mol. The molecule has 2 rings (SSSR count). The lowest BCUT2D eigenvalue weighted by atomic mass is 10.2. The predicted molar refractivity (Wildman–Crippen MR) is 87.9 cm³/mol. The summed E-state index contributed by atoms with van der Waals surface area (Å²) >= 11 is 0. The minimum absolute atomic E-state index is 0.310. The summed E-state index contributed by atoms with van der Waals surface area (Å²) in [6.45, 7) is 4.22. The van der Waals surface area contributed by atoms with Gasteiger partial charge in [0.1, 0.15) is 5.82 Å². The molecule has 1 heterocycles. The lowest BCUT2D eigenvalue weighted by Gasteiger charge is -2.27. The van der Waals surface area contributed by atoms with Gasteiger partial charge < -0.3 is 14.4 Å². The summed E-state index contributed by atoms with van der Waals surface area (Å²) in [6.07, 6.45) is 1.68. The molecule has 0 radical (unpaired) electrons. The Balaban J connectivity index is 2.38. The van der Waals surface area contributed by atoms with Gasteiger partial charge in [-0.1, -0.05) is 36.4 Å². The van der Waals surface area contributed by atoms with Crippen LogP contribution in [0.25, 0.3) is 0 Å². The third-order valence-electron chi connectivity index (χ3n) is 3.00. The van der Waals surface area contributed by atoms with Gasteiger partial charge in [0.05, 0.1) is 13.2 Å². The van der Waals surface area contributed by atoms with Crippen LogP contribution in [0.5, 0.6) is 0 Å². The van der Waals surface area contributed by atoms with Crippen molar-refractivity contribution in [1.29, 1.82) is 0 Å². The van der Waals surface area contributed by atoms with Gasteiger partial charge in [-0.3, -0.25) is 4.57 Å². The van der Waals surface area contributed by atoms with Crippen molar-refractivity contribution < 1.29 is 13.6 Å². The number of pyridine rings is 1. The quantitative estimate of drug-likeness (QED) is 0.728. The Kier molecular flexibility index (Phi) is 6.13. The highest BCUT2D eigenvalue weighted by Crippen LogP contribution is 2.60. The molecule has 1 aromatic carbocycles. The maximum Gasteiger partial charge on any atom is 0.357 e. The van der Waals surface area contributed by atoms with Crippen LogP contribution >= 0.6 is 7.60 Å². The van der Waals surface area contributed by atoms with Crippen LogP contribution in [0.15, 0.2) is 54.7 Å². The summed E-state index contributed by atoms with van der Waals surface area (Å²) in [5.74, 6) is 0.0134. The van der Waals surface area contributed by atoms with E-state index in [-0.39, 0.29) is 0 Å². The predicted octanol–water partition coefficient (Wildman–Crippen LogP) is 4.46. The molecular weight excluding hydrogens is 299 g/mol. The van der Waals surface area contributed by atoms with Crippen LogP contribution in [-0.4, -0.2) is 18.2 Å². The average Bonchev–Trinajstić information content (AvgIpc) is 2.55. The summed E-state index contributed by atoms with van der Waals surface area (Å²) in [4.78, 5) is 4.23. The fourth-order valence-electron chi connectivity index (χ4n) is 2.11. The third-order valence-corrected chi connectivity index (χ3v) is 5.29. The van der Waals surface area contributed by atoms with Crippen molar-refractivity contribution in [2.24, 2.45) is 0 Å². The summed E-state index contributed by atoms with van der Waals surface area (Å²) < 4.78 is 24.2. The van der Waals surface area contributed by atoms with Crippen LogP contribution < -0.4 is 5.32 Å². The number of hydrogen-bond donors (Lipinski definition) is 1. The molecule has 0 bridgehead atoms. The van der Waals surface area contributed by atoms with Gasteiger partial charge in [-0.05, 0) is 31.5 Å². The lowest BCUT2D eigenvalue weighted by Crippen LogP contribution is -2.15. The molecule has 0 saturated heterocycles. The molecule has 1 atom stereocenters. The number of benzene rings is 1. The van der Waals surface area contributed by atoms with Gasteiger partial charge in [-0.15, -0.1) is 0 Å². The minimum atomic E-state index is -3.37. The van der Waals surface area contributed by atoms with Crippen LogP contribution in [0.4, 0.5) is 5.82 Å². The van der Waals surface area contributed by atoms with E-state index in [0.29, 0.717) is 19.0 Å². The smallest absolute Gasteiger partial charge is 0.353 e. The number of hydrogen-bond acceptors (Lipinski definition) is 5. The van der Waals surface area contributed by atoms with Gasteiger partial charge >= 0.3 is 7.60 Å². The van der Waals surface area contributed by atoms with Crippen LogP contribution in [0, 0.1) is 0 Å². The SMILES string of the molecule is CCOP(=O)(OCC)[C@H](Nc1ccccn1)c1ccccc1. The molecule has 5 nitrogen and oxygen atoms in total. The highest BCUT2D eigenvalue weighted by molar-refractivity contribution is 7.54. The zero-order valence-electron chi connectivity index (χ0n) is 12.8. The van der Waals surface area contributed by atoms with E-state index in [9.17, 15) is 4.57 Å². The molecule has 6 heteroatoms. The number of nitrogens with zero attached hydrogens (tertiary/aromatic N) is 1. The van der Waals surface area contributed by atoms with E-state index in [1.165, 1.54) is 0 Å². The van der Waals surface area contributed by atoms with E-state index >= 15 is 0 Å². The van der Waals surface area contributed by atoms with Gasteiger partial charge in [-0.2, -0.15) is 0 Å². The molecule has 0 aliphatic rings. The van der Waals surface area contributed by atoms with Crippen LogP contribution in [0.3, 0.4) is 0 Å². The van der Waals surface area contributed by atoms with Gasteiger partial charge in [0.2, 0.25) is 0 Å². The van der Waals surface area contributed by atoms with Crippen molar-refractivity contribution in [3.05, 3.63) is 60.3 Å². The first kappa shape index (κ1) is 16.7. The Hall–Kier alpha value is -1.68. The van der Waals surface area contributed by atoms with E-state index in [1.54, 1.807) is 20.0 Å². The molecular formula is C16H21N2O3P. The lowest BCUT2D eigenvalue weighted by molar-refractivity contribution is 0.214. The molecule has 0 amide bonds. The highest BCUT2D eigenvalue weighted by atomic mass is 31.2. The second-order valence-corrected chi connectivity index (χ2v) is 6.66. The number of anilines is 1. The molecule has 0 aliphatic carbocycles. The monoisotopic (exact) mass is 320 g/mol. The Morgan fingerprint density at radius 1 is 1.05 bits per heavy atom. The Morgan fingerprint density at radius 2 is 1.68 bits per heavy atom. The fraction of sp³-hybridized carbons (Fsp3) is 0.312. The Labute approximate surface area is 131 Å². The maximum absolute atomic E-state index is 13.2. The van der Waals surface area contributed by atoms with Crippen LogP contribution in [0.2, 0.25) is 0 Å². The van der Waals surface area contributed by atoms with Crippen molar-refractivity contribution >= 4 is 13.4 Å². The van der Waals surface area contributed by atoms with Gasteiger partial charge in [0, 0.05) is 6.20 Å². The maximum atomic E-state index is 13.2. The molecule has 2 aromatic rings. The van der Waals surface area contributed by atoms with Gasteiger partial charge in [0.25, 0.3) is 0 Å². The molecule has 0 unspecified atom stereocenters. The molecule has 0 spiro atoms. The zero-order valence-corrected chi connectivity index (χ0v) is 13.7. The first-order chi connectivity index (χ1) is 10.7. The topological polar surface area (TPSA) is 60.5 Å². The highest BCUT2D eigenvalue weighted by Gasteiger charge is 2.37. The fourth-order valence-corrected chi connectivity index (χ4v) is 4.03. The zero-order chi connectivity index (χ0) is 15.8. The van der Waals surface area contributed by atoms with Crippen LogP contribution in [-0.2, 0) is 13.6 Å². The summed E-state index contributed by atoms with van der Waals surface area (Å²) in [6, 6.07) is 15.0. The van der Waals surface area contributed by atoms with E-state index in [2.05, 4.69) is 10.3 Å². The first-order valence-electron chi connectivity index (χ1n) is 7.31. The Morgan fingerprint density at radius 3 is 2.23 bits per heavy atom. The second-order valence-electron chi connectivity index (χ2n) is 4.55. The van der Waals surface area contributed by atoms with Crippen LogP contribution in [0.1, 0.15) is 25.2 Å². The molecule has 118 valence electrons. The summed E-state index contributed by atoms with van der Waals surface area (Å²) in [7, 11) is -3.37. The minimum Gasteiger partial charge on any atom is -0.353 e. The van der Waals surface area contributed by atoms with Crippen molar-refractivity contribution in [3.63, 3.8) is 0 Å². The van der Waals surface area contributed by atoms with Gasteiger partial charge in [-0.25, -0.2) is 4.98 Å². The van der Waals surface area contributed by atoms with E-state index in [0.717, 1.165) is 5.56 Å². The normalized spacial score (nSPS) is 12.8. The van der Waals surface area contributed by atoms with E-state index in [4.69, 9.17) is 9.05 Å².